The van der Waals surface area contributed by atoms with Crippen molar-refractivity contribution in [2.45, 2.75) is 38.6 Å². The molecule has 0 bridgehead atoms. The second kappa shape index (κ2) is 5.85. The predicted octanol–water partition coefficient (Wildman–Crippen LogP) is 2.56. The Labute approximate surface area is 113 Å². The number of hydrogen-bond donors (Lipinski definition) is 0. The van der Waals surface area contributed by atoms with E-state index < -0.39 is 0 Å². The Morgan fingerprint density at radius 3 is 2.94 bits per heavy atom. The lowest BCUT2D eigenvalue weighted by atomic mass is 10.2. The SMILES string of the molecule is CC(C)c1ncc(N2CCOCC2C)c(CCl)n1. The summed E-state index contributed by atoms with van der Waals surface area (Å²) in [5.41, 5.74) is 1.97. The van der Waals surface area contributed by atoms with Gasteiger partial charge in [0.05, 0.1) is 36.7 Å². The van der Waals surface area contributed by atoms with Crippen LogP contribution in [0.3, 0.4) is 0 Å². The zero-order valence-corrected chi connectivity index (χ0v) is 11.9. The first kappa shape index (κ1) is 13.6. The number of alkyl halides is 1. The molecule has 18 heavy (non-hydrogen) atoms. The fraction of sp³-hybridized carbons (Fsp3) is 0.692. The molecule has 1 saturated heterocycles. The van der Waals surface area contributed by atoms with Crippen LogP contribution in [0.2, 0.25) is 0 Å². The van der Waals surface area contributed by atoms with E-state index in [1.54, 1.807) is 0 Å². The van der Waals surface area contributed by atoms with Crippen LogP contribution in [0.25, 0.3) is 0 Å². The van der Waals surface area contributed by atoms with E-state index in [-0.39, 0.29) is 0 Å². The third-order valence-electron chi connectivity index (χ3n) is 3.18. The van der Waals surface area contributed by atoms with E-state index in [9.17, 15) is 0 Å². The maximum atomic E-state index is 6.03. The molecule has 100 valence electrons. The number of halogens is 1. The molecule has 0 saturated carbocycles. The summed E-state index contributed by atoms with van der Waals surface area (Å²) < 4.78 is 5.45. The van der Waals surface area contributed by atoms with E-state index >= 15 is 0 Å². The van der Waals surface area contributed by atoms with Gasteiger partial charge in [0.2, 0.25) is 0 Å². The van der Waals surface area contributed by atoms with Gasteiger partial charge in [-0.1, -0.05) is 13.8 Å². The van der Waals surface area contributed by atoms with Gasteiger partial charge in [-0.25, -0.2) is 9.97 Å². The number of nitrogens with zero attached hydrogens (tertiary/aromatic N) is 3. The number of morpholine rings is 1. The van der Waals surface area contributed by atoms with Crippen molar-refractivity contribution in [1.29, 1.82) is 0 Å². The first-order valence-corrected chi connectivity index (χ1v) is 6.93. The zero-order valence-electron chi connectivity index (χ0n) is 11.2. The standard InChI is InChI=1S/C13H20ClN3O/c1-9(2)13-15-7-12(11(6-14)16-13)17-4-5-18-8-10(17)3/h7,9-10H,4-6,8H2,1-3H3. The lowest BCUT2D eigenvalue weighted by Crippen LogP contribution is -2.44. The van der Waals surface area contributed by atoms with Crippen LogP contribution < -0.4 is 4.90 Å². The van der Waals surface area contributed by atoms with Crippen LogP contribution in [0.1, 0.15) is 38.2 Å². The van der Waals surface area contributed by atoms with Crippen LogP contribution in [-0.4, -0.2) is 35.8 Å². The monoisotopic (exact) mass is 269 g/mol. The largest absolute Gasteiger partial charge is 0.377 e. The van der Waals surface area contributed by atoms with Crippen molar-refractivity contribution in [3.05, 3.63) is 17.7 Å². The summed E-state index contributed by atoms with van der Waals surface area (Å²) in [5.74, 6) is 1.60. The average molecular weight is 270 g/mol. The molecular weight excluding hydrogens is 250 g/mol. The Kier molecular flexibility index (Phi) is 4.40. The molecule has 1 aliphatic rings. The predicted molar refractivity (Wildman–Crippen MR) is 73.3 cm³/mol. The Morgan fingerprint density at radius 1 is 1.56 bits per heavy atom. The lowest BCUT2D eigenvalue weighted by Gasteiger charge is -2.35. The maximum Gasteiger partial charge on any atom is 0.131 e. The minimum atomic E-state index is 0.322. The summed E-state index contributed by atoms with van der Waals surface area (Å²) in [6, 6.07) is 0.342. The molecule has 1 aliphatic heterocycles. The van der Waals surface area contributed by atoms with Gasteiger partial charge >= 0.3 is 0 Å². The molecule has 2 rings (SSSR count). The number of ether oxygens (including phenoxy) is 1. The van der Waals surface area contributed by atoms with E-state index in [4.69, 9.17) is 16.3 Å². The normalized spacial score (nSPS) is 20.5. The van der Waals surface area contributed by atoms with Crippen molar-refractivity contribution in [2.75, 3.05) is 24.7 Å². The highest BCUT2D eigenvalue weighted by atomic mass is 35.5. The molecule has 1 aromatic heterocycles. The number of hydrogen-bond acceptors (Lipinski definition) is 4. The molecule has 0 radical (unpaired) electrons. The van der Waals surface area contributed by atoms with Crippen LogP contribution in [0.15, 0.2) is 6.20 Å². The summed E-state index contributed by atoms with van der Waals surface area (Å²) in [5, 5.41) is 0. The molecule has 0 aromatic carbocycles. The fourth-order valence-corrected chi connectivity index (χ4v) is 2.32. The number of rotatable bonds is 3. The molecule has 2 heterocycles. The van der Waals surface area contributed by atoms with Crippen molar-refractivity contribution in [2.24, 2.45) is 0 Å². The number of aromatic nitrogens is 2. The topological polar surface area (TPSA) is 38.2 Å². The summed E-state index contributed by atoms with van der Waals surface area (Å²) in [6.45, 7) is 8.68. The van der Waals surface area contributed by atoms with Gasteiger partial charge in [-0.05, 0) is 6.92 Å². The summed E-state index contributed by atoms with van der Waals surface area (Å²) >= 11 is 6.03. The molecule has 4 nitrogen and oxygen atoms in total. The molecule has 1 fully saturated rings. The summed E-state index contributed by atoms with van der Waals surface area (Å²) in [7, 11) is 0. The van der Waals surface area contributed by atoms with E-state index in [1.807, 2.05) is 6.20 Å². The van der Waals surface area contributed by atoms with Gasteiger partial charge in [-0.3, -0.25) is 0 Å². The quantitative estimate of drug-likeness (QED) is 0.791. The summed E-state index contributed by atoms with van der Waals surface area (Å²) in [6.07, 6.45) is 1.90. The molecule has 0 aliphatic carbocycles. The van der Waals surface area contributed by atoms with Crippen LogP contribution in [0.5, 0.6) is 0 Å². The van der Waals surface area contributed by atoms with Crippen molar-refractivity contribution in [3.63, 3.8) is 0 Å². The van der Waals surface area contributed by atoms with Gasteiger partial charge in [0.15, 0.2) is 0 Å². The van der Waals surface area contributed by atoms with E-state index in [0.717, 1.165) is 37.0 Å². The highest BCUT2D eigenvalue weighted by Gasteiger charge is 2.22. The molecule has 5 heteroatoms. The van der Waals surface area contributed by atoms with Crippen LogP contribution in [-0.2, 0) is 10.6 Å². The smallest absolute Gasteiger partial charge is 0.131 e. The molecule has 0 N–H and O–H groups in total. The molecule has 1 atom stereocenters. The molecule has 0 spiro atoms. The third-order valence-corrected chi connectivity index (χ3v) is 3.44. The molecule has 1 aromatic rings. The van der Waals surface area contributed by atoms with Crippen LogP contribution in [0, 0.1) is 0 Å². The van der Waals surface area contributed by atoms with E-state index in [2.05, 4.69) is 35.6 Å². The van der Waals surface area contributed by atoms with Crippen molar-refractivity contribution >= 4 is 17.3 Å². The number of anilines is 1. The van der Waals surface area contributed by atoms with Gasteiger partial charge in [-0.2, -0.15) is 0 Å². The third kappa shape index (κ3) is 2.75. The Balaban J connectivity index is 2.31. The van der Waals surface area contributed by atoms with Gasteiger partial charge in [0, 0.05) is 18.5 Å². The van der Waals surface area contributed by atoms with Crippen LogP contribution >= 0.6 is 11.6 Å². The minimum absolute atomic E-state index is 0.322. The van der Waals surface area contributed by atoms with Gasteiger partial charge < -0.3 is 9.64 Å². The lowest BCUT2D eigenvalue weighted by molar-refractivity contribution is 0.0988. The van der Waals surface area contributed by atoms with Gasteiger partial charge in [0.25, 0.3) is 0 Å². The van der Waals surface area contributed by atoms with Gasteiger partial charge in [0.1, 0.15) is 5.82 Å². The second-order valence-electron chi connectivity index (χ2n) is 4.97. The van der Waals surface area contributed by atoms with Gasteiger partial charge in [-0.15, -0.1) is 11.6 Å². The first-order valence-electron chi connectivity index (χ1n) is 6.39. The molecular formula is C13H20ClN3O. The fourth-order valence-electron chi connectivity index (χ4n) is 2.13. The van der Waals surface area contributed by atoms with Crippen molar-refractivity contribution in [1.82, 2.24) is 9.97 Å². The molecule has 1 unspecified atom stereocenters. The first-order chi connectivity index (χ1) is 8.63. The van der Waals surface area contributed by atoms with E-state index in [0.29, 0.717) is 17.8 Å². The minimum Gasteiger partial charge on any atom is -0.377 e. The zero-order chi connectivity index (χ0) is 13.1. The Bertz CT molecular complexity index is 411. The molecule has 0 amide bonds. The van der Waals surface area contributed by atoms with Crippen LogP contribution in [0.4, 0.5) is 5.69 Å². The second-order valence-corrected chi connectivity index (χ2v) is 5.23. The Morgan fingerprint density at radius 2 is 2.33 bits per heavy atom. The van der Waals surface area contributed by atoms with E-state index in [1.165, 1.54) is 0 Å². The average Bonchev–Trinajstić information content (AvgIpc) is 2.38. The maximum absolute atomic E-state index is 6.03. The highest BCUT2D eigenvalue weighted by molar-refractivity contribution is 6.17. The highest BCUT2D eigenvalue weighted by Crippen LogP contribution is 2.25. The van der Waals surface area contributed by atoms with Crippen molar-refractivity contribution in [3.8, 4) is 0 Å². The van der Waals surface area contributed by atoms with Crippen molar-refractivity contribution < 1.29 is 4.74 Å². The Hall–Kier alpha value is -0.870. The summed E-state index contributed by atoms with van der Waals surface area (Å²) in [4.78, 5) is 11.3.